The van der Waals surface area contributed by atoms with E-state index in [9.17, 15) is 4.79 Å². The number of piperazine rings is 1. The van der Waals surface area contributed by atoms with Gasteiger partial charge < -0.3 is 9.80 Å². The Hall–Kier alpha value is -2.25. The molecule has 7 nitrogen and oxygen atoms in total. The van der Waals surface area contributed by atoms with Crippen molar-refractivity contribution in [3.05, 3.63) is 30.6 Å². The van der Waals surface area contributed by atoms with E-state index in [2.05, 4.69) is 38.7 Å². The van der Waals surface area contributed by atoms with Crippen LogP contribution in [-0.4, -0.2) is 59.5 Å². The van der Waals surface area contributed by atoms with E-state index in [0.717, 1.165) is 62.3 Å². The Balaban J connectivity index is 1.43. The molecule has 0 bridgehead atoms. The number of aromatic nitrogens is 2. The van der Waals surface area contributed by atoms with E-state index in [1.165, 1.54) is 0 Å². The maximum Gasteiger partial charge on any atom is 0.228 e. The smallest absolute Gasteiger partial charge is 0.228 e. The van der Waals surface area contributed by atoms with E-state index in [1.54, 1.807) is 6.33 Å². The second kappa shape index (κ2) is 7.55. The number of hydrogen-bond acceptors (Lipinski definition) is 6. The van der Waals surface area contributed by atoms with Crippen LogP contribution in [0.1, 0.15) is 19.8 Å². The maximum atomic E-state index is 12.9. The molecule has 1 aromatic heterocycles. The lowest BCUT2D eigenvalue weighted by Crippen LogP contribution is -2.52. The number of anilines is 1. The van der Waals surface area contributed by atoms with Crippen LogP contribution < -0.4 is 15.8 Å². The number of hydrogen-bond donors (Lipinski definition) is 2. The zero-order valence-corrected chi connectivity index (χ0v) is 15.2. The van der Waals surface area contributed by atoms with Crippen molar-refractivity contribution >= 4 is 22.6 Å². The van der Waals surface area contributed by atoms with Crippen molar-refractivity contribution in [1.82, 2.24) is 25.7 Å². The van der Waals surface area contributed by atoms with Crippen LogP contribution in [0.25, 0.3) is 10.9 Å². The number of para-hydroxylation sites is 1. The first kappa shape index (κ1) is 17.2. The molecule has 2 aromatic rings. The van der Waals surface area contributed by atoms with Gasteiger partial charge in [0.05, 0.1) is 11.4 Å². The van der Waals surface area contributed by atoms with Gasteiger partial charge in [-0.1, -0.05) is 25.5 Å². The van der Waals surface area contributed by atoms with Crippen LogP contribution in [0, 0.1) is 5.92 Å². The third-order valence-corrected chi connectivity index (χ3v) is 5.42. The zero-order chi connectivity index (χ0) is 17.9. The van der Waals surface area contributed by atoms with Gasteiger partial charge in [-0.15, -0.1) is 0 Å². The van der Waals surface area contributed by atoms with E-state index in [4.69, 9.17) is 0 Å². The molecule has 138 valence electrons. The van der Waals surface area contributed by atoms with Crippen molar-refractivity contribution < 1.29 is 4.79 Å². The fourth-order valence-electron chi connectivity index (χ4n) is 4.00. The van der Waals surface area contributed by atoms with Gasteiger partial charge in [-0.3, -0.25) is 15.6 Å². The molecule has 2 unspecified atom stereocenters. The molecule has 1 amide bonds. The number of amides is 1. The molecule has 4 rings (SSSR count). The van der Waals surface area contributed by atoms with Gasteiger partial charge in [-0.25, -0.2) is 9.97 Å². The highest BCUT2D eigenvalue weighted by Crippen LogP contribution is 2.24. The molecule has 2 atom stereocenters. The quantitative estimate of drug-likeness (QED) is 0.859. The molecule has 7 heteroatoms. The Morgan fingerprint density at radius 2 is 2.00 bits per heavy atom. The van der Waals surface area contributed by atoms with E-state index in [0.29, 0.717) is 0 Å². The second-order valence-electron chi connectivity index (χ2n) is 7.05. The first-order valence-corrected chi connectivity index (χ1v) is 9.50. The third kappa shape index (κ3) is 3.24. The van der Waals surface area contributed by atoms with E-state index in [1.807, 2.05) is 23.1 Å². The Labute approximate surface area is 153 Å². The van der Waals surface area contributed by atoms with Crippen molar-refractivity contribution in [3.63, 3.8) is 0 Å². The molecule has 2 N–H and O–H groups in total. The van der Waals surface area contributed by atoms with Crippen LogP contribution in [0.3, 0.4) is 0 Å². The van der Waals surface area contributed by atoms with Crippen LogP contribution in [0.2, 0.25) is 0 Å². The number of nitrogens with one attached hydrogen (secondary N) is 2. The Morgan fingerprint density at radius 3 is 2.81 bits per heavy atom. The molecule has 0 radical (unpaired) electrons. The maximum absolute atomic E-state index is 12.9. The van der Waals surface area contributed by atoms with Crippen LogP contribution in [0.5, 0.6) is 0 Å². The number of rotatable bonds is 4. The predicted octanol–water partition coefficient (Wildman–Crippen LogP) is 1.17. The minimum Gasteiger partial charge on any atom is -0.352 e. The molecule has 1 aromatic carbocycles. The van der Waals surface area contributed by atoms with Crippen LogP contribution >= 0.6 is 0 Å². The summed E-state index contributed by atoms with van der Waals surface area (Å²) < 4.78 is 0. The summed E-state index contributed by atoms with van der Waals surface area (Å²) in [5, 5.41) is 1.07. The number of hydrazine groups is 1. The number of carbonyl (C=O) groups excluding carboxylic acids is 1. The van der Waals surface area contributed by atoms with Gasteiger partial charge in [-0.2, -0.15) is 0 Å². The first-order valence-electron chi connectivity index (χ1n) is 9.50. The van der Waals surface area contributed by atoms with Gasteiger partial charge >= 0.3 is 0 Å². The highest BCUT2D eigenvalue weighted by molar-refractivity contribution is 5.89. The van der Waals surface area contributed by atoms with E-state index in [-0.39, 0.29) is 17.9 Å². The summed E-state index contributed by atoms with van der Waals surface area (Å²) in [6.45, 7) is 5.98. The molecular formula is C19H26N6O. The Kier molecular flexibility index (Phi) is 4.99. The highest BCUT2D eigenvalue weighted by atomic mass is 16.2. The molecule has 2 aliphatic heterocycles. The van der Waals surface area contributed by atoms with Crippen molar-refractivity contribution in [3.8, 4) is 0 Å². The highest BCUT2D eigenvalue weighted by Gasteiger charge is 2.36. The van der Waals surface area contributed by atoms with Crippen molar-refractivity contribution in [1.29, 1.82) is 0 Å². The number of nitrogens with zero attached hydrogens (tertiary/aromatic N) is 4. The summed E-state index contributed by atoms with van der Waals surface area (Å²) in [5.41, 5.74) is 7.37. The van der Waals surface area contributed by atoms with Gasteiger partial charge in [0.2, 0.25) is 5.91 Å². The largest absolute Gasteiger partial charge is 0.352 e. The monoisotopic (exact) mass is 354 g/mol. The van der Waals surface area contributed by atoms with Crippen LogP contribution in [-0.2, 0) is 4.79 Å². The summed E-state index contributed by atoms with van der Waals surface area (Å²) in [6, 6.07) is 8.33. The van der Waals surface area contributed by atoms with Crippen molar-refractivity contribution in [2.75, 3.05) is 37.6 Å². The van der Waals surface area contributed by atoms with Gasteiger partial charge in [0, 0.05) is 44.2 Å². The Bertz CT molecular complexity index is 768. The molecule has 0 spiro atoms. The van der Waals surface area contributed by atoms with Gasteiger partial charge in [0.1, 0.15) is 12.1 Å². The topological polar surface area (TPSA) is 73.4 Å². The standard InChI is InChI=1S/C19H26N6O/c1-2-5-17-15(12-22-23-17)19(26)25-10-8-24(9-11-25)18-14-6-3-4-7-16(14)20-13-21-18/h3-4,6-7,13,15,17,22-23H,2,5,8-12H2,1H3. The average Bonchev–Trinajstić information content (AvgIpc) is 3.16. The summed E-state index contributed by atoms with van der Waals surface area (Å²) in [5.74, 6) is 1.28. The molecule has 2 fully saturated rings. The lowest BCUT2D eigenvalue weighted by atomic mass is 9.96. The Morgan fingerprint density at radius 1 is 1.19 bits per heavy atom. The summed E-state index contributed by atoms with van der Waals surface area (Å²) in [7, 11) is 0. The molecule has 0 saturated carbocycles. The summed E-state index contributed by atoms with van der Waals surface area (Å²) >= 11 is 0. The summed E-state index contributed by atoms with van der Waals surface area (Å²) in [4.78, 5) is 26.1. The normalized spacial score (nSPS) is 23.6. The lowest BCUT2D eigenvalue weighted by molar-refractivity contribution is -0.135. The van der Waals surface area contributed by atoms with Crippen LogP contribution in [0.15, 0.2) is 30.6 Å². The van der Waals surface area contributed by atoms with Crippen molar-refractivity contribution in [2.45, 2.75) is 25.8 Å². The fraction of sp³-hybridized carbons (Fsp3) is 0.526. The fourth-order valence-corrected chi connectivity index (χ4v) is 4.00. The van der Waals surface area contributed by atoms with E-state index < -0.39 is 0 Å². The number of fused-ring (bicyclic) bond motifs is 1. The SMILES string of the molecule is CCCC1NNCC1C(=O)N1CCN(c2ncnc3ccccc23)CC1. The van der Waals surface area contributed by atoms with Gasteiger partial charge in [0.15, 0.2) is 0 Å². The number of benzene rings is 1. The first-order chi connectivity index (χ1) is 12.8. The molecule has 3 heterocycles. The number of carbonyl (C=O) groups is 1. The molecular weight excluding hydrogens is 328 g/mol. The zero-order valence-electron chi connectivity index (χ0n) is 15.2. The predicted molar refractivity (Wildman–Crippen MR) is 102 cm³/mol. The van der Waals surface area contributed by atoms with Gasteiger partial charge in [-0.05, 0) is 18.6 Å². The molecule has 26 heavy (non-hydrogen) atoms. The van der Waals surface area contributed by atoms with Crippen molar-refractivity contribution in [2.24, 2.45) is 5.92 Å². The van der Waals surface area contributed by atoms with Crippen LogP contribution in [0.4, 0.5) is 5.82 Å². The summed E-state index contributed by atoms with van der Waals surface area (Å²) in [6.07, 6.45) is 3.73. The minimum absolute atomic E-state index is 0.0429. The minimum atomic E-state index is 0.0429. The average molecular weight is 354 g/mol. The molecule has 2 saturated heterocycles. The lowest BCUT2D eigenvalue weighted by Gasteiger charge is -2.37. The van der Waals surface area contributed by atoms with E-state index >= 15 is 0 Å². The van der Waals surface area contributed by atoms with Gasteiger partial charge in [0.25, 0.3) is 0 Å². The third-order valence-electron chi connectivity index (χ3n) is 5.42. The molecule has 0 aliphatic carbocycles. The molecule has 2 aliphatic rings. The second-order valence-corrected chi connectivity index (χ2v) is 7.05.